The molecule has 0 aromatic carbocycles. The number of hydrogen-bond acceptors (Lipinski definition) is 2. The molecule has 0 bridgehead atoms. The van der Waals surface area contributed by atoms with Crippen LogP contribution >= 0.6 is 0 Å². The van der Waals surface area contributed by atoms with Gasteiger partial charge in [0.15, 0.2) is 0 Å². The van der Waals surface area contributed by atoms with E-state index in [0.717, 1.165) is 12.5 Å². The zero-order valence-electron chi connectivity index (χ0n) is 14.2. The second-order valence-corrected chi connectivity index (χ2v) is 5.86. The zero-order chi connectivity index (χ0) is 16.8. The van der Waals surface area contributed by atoms with Crippen molar-refractivity contribution in [3.63, 3.8) is 0 Å². The molecule has 23 heavy (non-hydrogen) atoms. The summed E-state index contributed by atoms with van der Waals surface area (Å²) in [7, 11) is 0. The average Bonchev–Trinajstić information content (AvgIpc) is 3.29. The van der Waals surface area contributed by atoms with Gasteiger partial charge in [0, 0.05) is 6.08 Å². The van der Waals surface area contributed by atoms with Crippen molar-refractivity contribution in [2.24, 2.45) is 0 Å². The first-order valence-corrected chi connectivity index (χ1v) is 8.79. The van der Waals surface area contributed by atoms with Gasteiger partial charge in [0.25, 0.3) is 0 Å². The maximum absolute atomic E-state index is 10.2. The summed E-state index contributed by atoms with van der Waals surface area (Å²) in [6, 6.07) is 0. The van der Waals surface area contributed by atoms with E-state index < -0.39 is 5.97 Å². The van der Waals surface area contributed by atoms with Gasteiger partial charge in [-0.1, -0.05) is 75.1 Å². The van der Waals surface area contributed by atoms with Crippen LogP contribution in [0.2, 0.25) is 0 Å². The Kier molecular flexibility index (Phi) is 10.9. The molecule has 0 amide bonds. The zero-order valence-corrected chi connectivity index (χ0v) is 14.2. The van der Waals surface area contributed by atoms with Gasteiger partial charge in [0.1, 0.15) is 0 Å². The molecule has 1 heterocycles. The highest BCUT2D eigenvalue weighted by atomic mass is 16.6. The van der Waals surface area contributed by atoms with Crippen LogP contribution in [0.5, 0.6) is 0 Å². The Morgan fingerprint density at radius 1 is 0.913 bits per heavy atom. The van der Waals surface area contributed by atoms with E-state index in [1.807, 2.05) is 24.3 Å². The van der Waals surface area contributed by atoms with Crippen molar-refractivity contribution in [1.29, 1.82) is 0 Å². The molecule has 3 heteroatoms. The Morgan fingerprint density at radius 2 is 1.57 bits per heavy atom. The lowest BCUT2D eigenvalue weighted by Gasteiger charge is -1.98. The first-order valence-electron chi connectivity index (χ1n) is 8.79. The highest BCUT2D eigenvalue weighted by Gasteiger charge is 2.35. The number of ether oxygens (including phenoxy) is 1. The topological polar surface area (TPSA) is 49.8 Å². The summed E-state index contributed by atoms with van der Waals surface area (Å²) in [5.41, 5.74) is 0. The lowest BCUT2D eigenvalue weighted by atomic mass is 10.1. The third kappa shape index (κ3) is 11.6. The van der Waals surface area contributed by atoms with Gasteiger partial charge in [-0.15, -0.1) is 0 Å². The first kappa shape index (κ1) is 19.4. The summed E-state index contributed by atoms with van der Waals surface area (Å²) in [5, 5.41) is 8.40. The number of carbonyl (C=O) groups is 1. The number of carboxylic acids is 1. The Hall–Kier alpha value is -1.61. The van der Waals surface area contributed by atoms with Gasteiger partial charge >= 0.3 is 5.97 Å². The minimum absolute atomic E-state index is 0.566. The number of epoxide rings is 1. The normalized spacial score (nSPS) is 21.3. The molecule has 0 aromatic rings. The minimum atomic E-state index is -0.926. The molecule has 1 aliphatic rings. The number of carboxylic acid groups (broad SMARTS) is 1. The summed E-state index contributed by atoms with van der Waals surface area (Å²) < 4.78 is 5.54. The van der Waals surface area contributed by atoms with Gasteiger partial charge in [0.05, 0.1) is 12.2 Å². The molecule has 2 atom stereocenters. The van der Waals surface area contributed by atoms with Gasteiger partial charge in [-0.05, 0) is 25.7 Å². The molecular weight excluding hydrogens is 288 g/mol. The van der Waals surface area contributed by atoms with Gasteiger partial charge in [-0.25, -0.2) is 4.79 Å². The van der Waals surface area contributed by atoms with Crippen LogP contribution in [0.4, 0.5) is 0 Å². The van der Waals surface area contributed by atoms with Crippen LogP contribution in [0.25, 0.3) is 0 Å². The number of aliphatic carboxylic acids is 1. The fourth-order valence-electron chi connectivity index (χ4n) is 2.50. The van der Waals surface area contributed by atoms with E-state index in [9.17, 15) is 4.79 Å². The van der Waals surface area contributed by atoms with Gasteiger partial charge < -0.3 is 9.84 Å². The fourth-order valence-corrected chi connectivity index (χ4v) is 2.50. The quantitative estimate of drug-likeness (QED) is 0.220. The van der Waals surface area contributed by atoms with E-state index in [1.165, 1.54) is 51.0 Å². The molecule has 0 spiro atoms. The largest absolute Gasteiger partial charge is 0.478 e. The number of unbranched alkanes of at least 4 members (excludes halogenated alkanes) is 5. The van der Waals surface area contributed by atoms with Crippen LogP contribution < -0.4 is 0 Å². The monoisotopic (exact) mass is 318 g/mol. The van der Waals surface area contributed by atoms with Crippen LogP contribution in [0.15, 0.2) is 48.6 Å². The SMILES string of the molecule is CCC1OC1CCCCCCCC=CC=CC=CC=CC(=O)O. The van der Waals surface area contributed by atoms with Crippen molar-refractivity contribution in [2.75, 3.05) is 0 Å². The van der Waals surface area contributed by atoms with Crippen LogP contribution in [0.1, 0.15) is 58.3 Å². The molecule has 1 rings (SSSR count). The van der Waals surface area contributed by atoms with E-state index in [4.69, 9.17) is 9.84 Å². The lowest BCUT2D eigenvalue weighted by molar-refractivity contribution is -0.131. The van der Waals surface area contributed by atoms with Gasteiger partial charge in [0.2, 0.25) is 0 Å². The third-order valence-corrected chi connectivity index (χ3v) is 3.88. The van der Waals surface area contributed by atoms with E-state index >= 15 is 0 Å². The molecule has 1 fully saturated rings. The maximum Gasteiger partial charge on any atom is 0.328 e. The van der Waals surface area contributed by atoms with Crippen molar-refractivity contribution in [3.8, 4) is 0 Å². The van der Waals surface area contributed by atoms with Crippen LogP contribution in [-0.4, -0.2) is 23.3 Å². The molecule has 128 valence electrons. The molecule has 1 aliphatic heterocycles. The Bertz CT molecular complexity index is 432. The summed E-state index contributed by atoms with van der Waals surface area (Å²) in [4.78, 5) is 10.2. The molecule has 0 aromatic heterocycles. The molecule has 0 saturated carbocycles. The molecule has 1 saturated heterocycles. The number of allylic oxidation sites excluding steroid dienone is 7. The van der Waals surface area contributed by atoms with Gasteiger partial charge in [-0.3, -0.25) is 0 Å². The molecule has 0 radical (unpaired) electrons. The van der Waals surface area contributed by atoms with E-state index in [-0.39, 0.29) is 0 Å². The van der Waals surface area contributed by atoms with E-state index in [0.29, 0.717) is 12.2 Å². The smallest absolute Gasteiger partial charge is 0.328 e. The predicted octanol–water partition coefficient (Wildman–Crippen LogP) is 5.20. The van der Waals surface area contributed by atoms with Crippen LogP contribution in [0.3, 0.4) is 0 Å². The molecule has 2 unspecified atom stereocenters. The summed E-state index contributed by atoms with van der Waals surface area (Å²) in [5.74, 6) is -0.926. The van der Waals surface area contributed by atoms with Crippen molar-refractivity contribution < 1.29 is 14.6 Å². The molecule has 3 nitrogen and oxygen atoms in total. The number of hydrogen-bond donors (Lipinski definition) is 1. The fraction of sp³-hybridized carbons (Fsp3) is 0.550. The standard InChI is InChI=1S/C20H30O3/c1-2-18-19(23-18)16-14-12-10-8-6-4-3-5-7-9-11-13-15-17-20(21)22/h3,5,7,9,11,13,15,17-19H,2,4,6,8,10,12,14,16H2,1H3,(H,21,22). The Labute approximate surface area is 140 Å². The summed E-state index contributed by atoms with van der Waals surface area (Å²) in [6.07, 6.45) is 25.4. The van der Waals surface area contributed by atoms with Crippen molar-refractivity contribution >= 4 is 5.97 Å². The van der Waals surface area contributed by atoms with Gasteiger partial charge in [-0.2, -0.15) is 0 Å². The second-order valence-electron chi connectivity index (χ2n) is 5.86. The molecule has 1 N–H and O–H groups in total. The van der Waals surface area contributed by atoms with Crippen molar-refractivity contribution in [1.82, 2.24) is 0 Å². The summed E-state index contributed by atoms with van der Waals surface area (Å²) in [6.45, 7) is 2.19. The van der Waals surface area contributed by atoms with Crippen molar-refractivity contribution in [3.05, 3.63) is 48.6 Å². The molecular formula is C20H30O3. The second kappa shape index (κ2) is 12.9. The lowest BCUT2D eigenvalue weighted by Crippen LogP contribution is -1.92. The highest BCUT2D eigenvalue weighted by molar-refractivity contribution is 5.80. The third-order valence-electron chi connectivity index (χ3n) is 3.88. The van der Waals surface area contributed by atoms with Crippen LogP contribution in [0, 0.1) is 0 Å². The Balaban J connectivity index is 1.85. The number of rotatable bonds is 13. The molecule has 0 aliphatic carbocycles. The Morgan fingerprint density at radius 3 is 2.26 bits per heavy atom. The highest BCUT2D eigenvalue weighted by Crippen LogP contribution is 2.29. The summed E-state index contributed by atoms with van der Waals surface area (Å²) >= 11 is 0. The maximum atomic E-state index is 10.2. The average molecular weight is 318 g/mol. The minimum Gasteiger partial charge on any atom is -0.478 e. The predicted molar refractivity (Wildman–Crippen MR) is 95.5 cm³/mol. The van der Waals surface area contributed by atoms with E-state index in [1.54, 1.807) is 6.08 Å². The first-order chi connectivity index (χ1) is 11.2. The van der Waals surface area contributed by atoms with Crippen molar-refractivity contribution in [2.45, 2.75) is 70.5 Å². The van der Waals surface area contributed by atoms with Crippen LogP contribution in [-0.2, 0) is 9.53 Å². The van der Waals surface area contributed by atoms with E-state index in [2.05, 4.69) is 13.0 Å².